The first kappa shape index (κ1) is 22.2. The number of imidazole rings is 1. The van der Waals surface area contributed by atoms with Crippen LogP contribution in [0.1, 0.15) is 44.7 Å². The fourth-order valence-corrected chi connectivity index (χ4v) is 4.75. The van der Waals surface area contributed by atoms with E-state index in [2.05, 4.69) is 6.92 Å². The standard InChI is InChI=1S/C25H28ClN3O3/c1-4-8-19(15-24(30)32-5-2)29-22-10-7-6-9-21(22)28(25(29)31)16-17-13-18(26)14-23-20(17)11-12-27(23)3/h6-7,9-14,19H,4-5,8,15-16H2,1-3H3. The van der Waals surface area contributed by atoms with Crippen molar-refractivity contribution in [1.29, 1.82) is 0 Å². The van der Waals surface area contributed by atoms with Crippen molar-refractivity contribution in [1.82, 2.24) is 13.7 Å². The van der Waals surface area contributed by atoms with Crippen LogP contribution in [0.15, 0.2) is 53.5 Å². The van der Waals surface area contributed by atoms with E-state index < -0.39 is 0 Å². The van der Waals surface area contributed by atoms with Gasteiger partial charge in [-0.05, 0) is 49.2 Å². The molecule has 168 valence electrons. The molecule has 0 bridgehead atoms. The van der Waals surface area contributed by atoms with E-state index in [0.29, 0.717) is 24.6 Å². The monoisotopic (exact) mass is 453 g/mol. The Balaban J connectivity index is 1.85. The van der Waals surface area contributed by atoms with Gasteiger partial charge in [-0.25, -0.2) is 4.79 Å². The highest BCUT2D eigenvalue weighted by atomic mass is 35.5. The summed E-state index contributed by atoms with van der Waals surface area (Å²) in [5.41, 5.74) is 3.54. The minimum absolute atomic E-state index is 0.127. The van der Waals surface area contributed by atoms with Gasteiger partial charge < -0.3 is 9.30 Å². The largest absolute Gasteiger partial charge is 0.466 e. The zero-order chi connectivity index (χ0) is 22.8. The summed E-state index contributed by atoms with van der Waals surface area (Å²) in [4.78, 5) is 26.0. The van der Waals surface area contributed by atoms with Gasteiger partial charge in [-0.2, -0.15) is 0 Å². The molecule has 4 aromatic rings. The molecular weight excluding hydrogens is 426 g/mol. The van der Waals surface area contributed by atoms with E-state index in [1.807, 2.05) is 60.3 Å². The molecule has 0 spiro atoms. The topological polar surface area (TPSA) is 58.2 Å². The van der Waals surface area contributed by atoms with Crippen LogP contribution in [0, 0.1) is 0 Å². The highest BCUT2D eigenvalue weighted by Crippen LogP contribution is 2.28. The van der Waals surface area contributed by atoms with Crippen molar-refractivity contribution in [2.45, 2.75) is 45.7 Å². The van der Waals surface area contributed by atoms with E-state index in [-0.39, 0.29) is 24.1 Å². The summed E-state index contributed by atoms with van der Waals surface area (Å²) in [6, 6.07) is 13.4. The maximum Gasteiger partial charge on any atom is 0.329 e. The van der Waals surface area contributed by atoms with Crippen molar-refractivity contribution in [2.24, 2.45) is 7.05 Å². The quantitative estimate of drug-likeness (QED) is 0.340. The molecule has 2 aromatic heterocycles. The number of carbonyl (C=O) groups is 1. The second-order valence-electron chi connectivity index (χ2n) is 8.10. The van der Waals surface area contributed by atoms with Gasteiger partial charge in [-0.3, -0.25) is 13.9 Å². The number of benzene rings is 2. The smallest absolute Gasteiger partial charge is 0.329 e. The van der Waals surface area contributed by atoms with Gasteiger partial charge in [0.25, 0.3) is 0 Å². The number of carbonyl (C=O) groups excluding carboxylic acids is 1. The Morgan fingerprint density at radius 3 is 2.56 bits per heavy atom. The van der Waals surface area contributed by atoms with Gasteiger partial charge in [0.2, 0.25) is 0 Å². The molecule has 2 aromatic carbocycles. The minimum Gasteiger partial charge on any atom is -0.466 e. The first-order chi connectivity index (χ1) is 15.4. The molecule has 32 heavy (non-hydrogen) atoms. The molecule has 0 fully saturated rings. The van der Waals surface area contributed by atoms with Crippen molar-refractivity contribution < 1.29 is 9.53 Å². The zero-order valence-corrected chi connectivity index (χ0v) is 19.4. The summed E-state index contributed by atoms with van der Waals surface area (Å²) in [6.45, 7) is 4.57. The maximum absolute atomic E-state index is 13.7. The van der Waals surface area contributed by atoms with E-state index in [9.17, 15) is 9.59 Å². The summed E-state index contributed by atoms with van der Waals surface area (Å²) >= 11 is 6.40. The van der Waals surface area contributed by atoms with Gasteiger partial charge in [-0.15, -0.1) is 0 Å². The van der Waals surface area contributed by atoms with Crippen molar-refractivity contribution in [3.63, 3.8) is 0 Å². The molecule has 0 saturated heterocycles. The Morgan fingerprint density at radius 1 is 1.09 bits per heavy atom. The van der Waals surface area contributed by atoms with E-state index in [1.54, 1.807) is 16.1 Å². The summed E-state index contributed by atoms with van der Waals surface area (Å²) in [5, 5.41) is 1.70. The molecule has 0 aliphatic carbocycles. The van der Waals surface area contributed by atoms with Crippen molar-refractivity contribution in [3.8, 4) is 0 Å². The highest BCUT2D eigenvalue weighted by Gasteiger charge is 2.23. The lowest BCUT2D eigenvalue weighted by molar-refractivity contribution is -0.144. The number of hydrogen-bond acceptors (Lipinski definition) is 3. The normalized spacial score (nSPS) is 12.5. The number of fused-ring (bicyclic) bond motifs is 2. The molecule has 0 N–H and O–H groups in total. The Kier molecular flexibility index (Phi) is 6.42. The van der Waals surface area contributed by atoms with Gasteiger partial charge >= 0.3 is 11.7 Å². The third-order valence-electron chi connectivity index (χ3n) is 5.95. The number of hydrogen-bond donors (Lipinski definition) is 0. The molecule has 6 nitrogen and oxygen atoms in total. The lowest BCUT2D eigenvalue weighted by atomic mass is 10.1. The van der Waals surface area contributed by atoms with Crippen LogP contribution >= 0.6 is 11.6 Å². The van der Waals surface area contributed by atoms with Gasteiger partial charge in [0.05, 0.1) is 30.6 Å². The molecule has 7 heteroatoms. The highest BCUT2D eigenvalue weighted by molar-refractivity contribution is 6.31. The number of para-hydroxylation sites is 2. The minimum atomic E-state index is -0.282. The van der Waals surface area contributed by atoms with Gasteiger partial charge in [0.15, 0.2) is 0 Å². The average Bonchev–Trinajstić information content (AvgIpc) is 3.26. The van der Waals surface area contributed by atoms with E-state index in [0.717, 1.165) is 33.9 Å². The predicted molar refractivity (Wildman–Crippen MR) is 128 cm³/mol. The summed E-state index contributed by atoms with van der Waals surface area (Å²) in [7, 11) is 1.98. The van der Waals surface area contributed by atoms with Crippen LogP contribution in [-0.2, 0) is 23.1 Å². The second kappa shape index (κ2) is 9.25. The molecule has 2 heterocycles. The number of aromatic nitrogens is 3. The fraction of sp³-hybridized carbons (Fsp3) is 0.360. The van der Waals surface area contributed by atoms with Gasteiger partial charge in [-0.1, -0.05) is 37.1 Å². The predicted octanol–water partition coefficient (Wildman–Crippen LogP) is 5.29. The number of ether oxygens (including phenoxy) is 1. The van der Waals surface area contributed by atoms with Crippen LogP contribution in [0.4, 0.5) is 0 Å². The Hall–Kier alpha value is -2.99. The van der Waals surface area contributed by atoms with E-state index in [1.165, 1.54) is 0 Å². The number of nitrogens with zero attached hydrogens (tertiary/aromatic N) is 3. The van der Waals surface area contributed by atoms with E-state index in [4.69, 9.17) is 16.3 Å². The van der Waals surface area contributed by atoms with Crippen molar-refractivity contribution >= 4 is 39.5 Å². The van der Waals surface area contributed by atoms with Crippen LogP contribution in [0.3, 0.4) is 0 Å². The molecule has 1 unspecified atom stereocenters. The first-order valence-corrected chi connectivity index (χ1v) is 11.4. The van der Waals surface area contributed by atoms with Gasteiger partial charge in [0, 0.05) is 35.2 Å². The Morgan fingerprint density at radius 2 is 1.84 bits per heavy atom. The molecule has 1 atom stereocenters. The molecular formula is C25H28ClN3O3. The molecule has 0 aliphatic heterocycles. The molecule has 0 radical (unpaired) electrons. The number of halogens is 1. The third kappa shape index (κ3) is 4.07. The van der Waals surface area contributed by atoms with Crippen LogP contribution in [-0.4, -0.2) is 26.3 Å². The van der Waals surface area contributed by atoms with E-state index >= 15 is 0 Å². The summed E-state index contributed by atoms with van der Waals surface area (Å²) < 4.78 is 10.7. The summed E-state index contributed by atoms with van der Waals surface area (Å²) in [6.07, 6.45) is 3.74. The second-order valence-corrected chi connectivity index (χ2v) is 8.54. The van der Waals surface area contributed by atoms with Crippen molar-refractivity contribution in [3.05, 3.63) is 69.7 Å². The van der Waals surface area contributed by atoms with Crippen LogP contribution < -0.4 is 5.69 Å². The first-order valence-electron chi connectivity index (χ1n) is 11.0. The molecule has 0 amide bonds. The van der Waals surface area contributed by atoms with Crippen LogP contribution in [0.25, 0.3) is 21.9 Å². The zero-order valence-electron chi connectivity index (χ0n) is 18.7. The number of aryl methyl sites for hydroxylation is 1. The van der Waals surface area contributed by atoms with Crippen molar-refractivity contribution in [2.75, 3.05) is 6.61 Å². The fourth-order valence-electron chi connectivity index (χ4n) is 4.52. The Labute approximate surface area is 192 Å². The van der Waals surface area contributed by atoms with Crippen LogP contribution in [0.5, 0.6) is 0 Å². The molecule has 0 saturated carbocycles. The Bertz CT molecular complexity index is 1330. The number of esters is 1. The lowest BCUT2D eigenvalue weighted by Crippen LogP contribution is -2.29. The molecule has 4 rings (SSSR count). The number of rotatable bonds is 8. The van der Waals surface area contributed by atoms with Crippen LogP contribution in [0.2, 0.25) is 5.02 Å². The molecule has 0 aliphatic rings. The SMILES string of the molecule is CCCC(CC(=O)OCC)n1c(=O)n(Cc2cc(Cl)cc3c2ccn3C)c2ccccc21. The third-order valence-corrected chi connectivity index (χ3v) is 6.16. The maximum atomic E-state index is 13.7. The summed E-state index contributed by atoms with van der Waals surface area (Å²) in [5.74, 6) is -0.282. The average molecular weight is 454 g/mol. The lowest BCUT2D eigenvalue weighted by Gasteiger charge is -2.17. The van der Waals surface area contributed by atoms with Gasteiger partial charge in [0.1, 0.15) is 0 Å².